The van der Waals surface area contributed by atoms with E-state index in [-0.39, 0.29) is 28.6 Å². The highest BCUT2D eigenvalue weighted by Crippen LogP contribution is 2.42. The molecule has 0 spiro atoms. The molecule has 0 saturated heterocycles. The third-order valence-corrected chi connectivity index (χ3v) is 3.36. The standard InChI is InChI=1S/C11H11ClN2O5/c12-8-4-6(14(18)19)3-7(10(16)17)9(8)13-11(5-15)1-2-11/h3-4,13,15H,1-2,5H2,(H,16,17). The molecule has 0 heterocycles. The number of aliphatic hydroxyl groups excluding tert-OH is 1. The van der Waals surface area contributed by atoms with Gasteiger partial charge in [0.05, 0.1) is 33.3 Å². The fraction of sp³-hybridized carbons (Fsp3) is 0.364. The van der Waals surface area contributed by atoms with Gasteiger partial charge in [-0.15, -0.1) is 0 Å². The second-order valence-corrected chi connectivity index (χ2v) is 4.88. The van der Waals surface area contributed by atoms with E-state index in [2.05, 4.69) is 5.32 Å². The molecular weight excluding hydrogens is 276 g/mol. The highest BCUT2D eigenvalue weighted by atomic mass is 35.5. The average Bonchev–Trinajstić information content (AvgIpc) is 3.11. The van der Waals surface area contributed by atoms with Crippen LogP contribution in [0.3, 0.4) is 0 Å². The fourth-order valence-corrected chi connectivity index (χ4v) is 1.99. The molecule has 0 aliphatic heterocycles. The van der Waals surface area contributed by atoms with Crippen LogP contribution < -0.4 is 5.32 Å². The minimum Gasteiger partial charge on any atom is -0.478 e. The van der Waals surface area contributed by atoms with E-state index in [1.165, 1.54) is 0 Å². The highest BCUT2D eigenvalue weighted by molar-refractivity contribution is 6.34. The van der Waals surface area contributed by atoms with Crippen molar-refractivity contribution < 1.29 is 19.9 Å². The van der Waals surface area contributed by atoms with Crippen molar-refractivity contribution in [2.45, 2.75) is 18.4 Å². The van der Waals surface area contributed by atoms with Crippen LogP contribution in [0.2, 0.25) is 5.02 Å². The molecule has 1 saturated carbocycles. The van der Waals surface area contributed by atoms with Crippen LogP contribution in [0.1, 0.15) is 23.2 Å². The summed E-state index contributed by atoms with van der Waals surface area (Å²) >= 11 is 5.90. The van der Waals surface area contributed by atoms with E-state index in [0.29, 0.717) is 12.8 Å². The average molecular weight is 287 g/mol. The molecule has 1 aliphatic carbocycles. The van der Waals surface area contributed by atoms with Crippen LogP contribution in [0.5, 0.6) is 0 Å². The maximum Gasteiger partial charge on any atom is 0.338 e. The van der Waals surface area contributed by atoms with Gasteiger partial charge in [0.2, 0.25) is 0 Å². The molecule has 1 aromatic carbocycles. The molecule has 0 amide bonds. The van der Waals surface area contributed by atoms with Gasteiger partial charge < -0.3 is 15.5 Å². The van der Waals surface area contributed by atoms with Crippen molar-refractivity contribution in [3.05, 3.63) is 32.8 Å². The van der Waals surface area contributed by atoms with Crippen molar-refractivity contribution in [1.29, 1.82) is 0 Å². The number of rotatable bonds is 5. The summed E-state index contributed by atoms with van der Waals surface area (Å²) in [4.78, 5) is 21.1. The lowest BCUT2D eigenvalue weighted by Crippen LogP contribution is -2.27. The number of nitro groups is 1. The second-order valence-electron chi connectivity index (χ2n) is 4.48. The molecule has 0 radical (unpaired) electrons. The van der Waals surface area contributed by atoms with E-state index >= 15 is 0 Å². The topological polar surface area (TPSA) is 113 Å². The van der Waals surface area contributed by atoms with Crippen LogP contribution in [-0.4, -0.2) is 33.3 Å². The Kier molecular flexibility index (Phi) is 3.34. The summed E-state index contributed by atoms with van der Waals surface area (Å²) in [5, 5.41) is 31.8. The Bertz CT molecular complexity index is 556. The third kappa shape index (κ3) is 2.61. The zero-order valence-electron chi connectivity index (χ0n) is 9.72. The zero-order chi connectivity index (χ0) is 14.2. The number of halogens is 1. The van der Waals surface area contributed by atoms with Gasteiger partial charge in [0, 0.05) is 12.1 Å². The van der Waals surface area contributed by atoms with Crippen LogP contribution in [0.25, 0.3) is 0 Å². The fourth-order valence-electron chi connectivity index (χ4n) is 1.73. The van der Waals surface area contributed by atoms with Crippen molar-refractivity contribution in [3.8, 4) is 0 Å². The largest absolute Gasteiger partial charge is 0.478 e. The summed E-state index contributed by atoms with van der Waals surface area (Å²) in [5.41, 5.74) is -1.13. The first kappa shape index (κ1) is 13.6. The molecule has 0 aromatic heterocycles. The molecule has 0 unspecified atom stereocenters. The summed E-state index contributed by atoms with van der Waals surface area (Å²) in [6.45, 7) is -0.153. The molecule has 2 rings (SSSR count). The zero-order valence-corrected chi connectivity index (χ0v) is 10.5. The van der Waals surface area contributed by atoms with E-state index in [0.717, 1.165) is 12.1 Å². The molecule has 19 heavy (non-hydrogen) atoms. The van der Waals surface area contributed by atoms with Crippen molar-refractivity contribution in [2.24, 2.45) is 0 Å². The van der Waals surface area contributed by atoms with Gasteiger partial charge in [-0.1, -0.05) is 11.6 Å². The number of carbonyl (C=O) groups is 1. The van der Waals surface area contributed by atoms with Gasteiger partial charge in [-0.2, -0.15) is 0 Å². The lowest BCUT2D eigenvalue weighted by atomic mass is 10.1. The minimum absolute atomic E-state index is 0.0497. The van der Waals surface area contributed by atoms with Gasteiger partial charge in [-0.05, 0) is 12.8 Å². The van der Waals surface area contributed by atoms with Crippen molar-refractivity contribution >= 4 is 28.9 Å². The van der Waals surface area contributed by atoms with E-state index < -0.39 is 16.4 Å². The Hall–Kier alpha value is -1.86. The van der Waals surface area contributed by atoms with E-state index in [9.17, 15) is 20.0 Å². The smallest absolute Gasteiger partial charge is 0.338 e. The monoisotopic (exact) mass is 286 g/mol. The molecular formula is C11H11ClN2O5. The second kappa shape index (κ2) is 4.67. The lowest BCUT2D eigenvalue weighted by molar-refractivity contribution is -0.384. The number of benzene rings is 1. The van der Waals surface area contributed by atoms with Gasteiger partial charge in [0.15, 0.2) is 0 Å². The SMILES string of the molecule is O=C(O)c1cc([N+](=O)[O-])cc(Cl)c1NC1(CO)CC1. The number of carboxylic acids is 1. The number of hydrogen-bond acceptors (Lipinski definition) is 5. The summed E-state index contributed by atoms with van der Waals surface area (Å²) < 4.78 is 0. The number of hydrogen-bond donors (Lipinski definition) is 3. The predicted molar refractivity (Wildman–Crippen MR) is 67.7 cm³/mol. The Labute approximate surface area is 113 Å². The van der Waals surface area contributed by atoms with Crippen LogP contribution in [0.15, 0.2) is 12.1 Å². The number of nitrogens with zero attached hydrogens (tertiary/aromatic N) is 1. The predicted octanol–water partition coefficient (Wildman–Crippen LogP) is 1.88. The third-order valence-electron chi connectivity index (χ3n) is 3.06. The molecule has 7 nitrogen and oxygen atoms in total. The van der Waals surface area contributed by atoms with Crippen LogP contribution in [0.4, 0.5) is 11.4 Å². The Balaban J connectivity index is 2.47. The van der Waals surface area contributed by atoms with Crippen LogP contribution in [0, 0.1) is 10.1 Å². The quantitative estimate of drug-likeness (QED) is 0.563. The van der Waals surface area contributed by atoms with Gasteiger partial charge in [-0.25, -0.2) is 4.79 Å². The minimum atomic E-state index is -1.32. The maximum absolute atomic E-state index is 11.2. The number of aromatic carboxylic acids is 1. The molecule has 1 aliphatic rings. The first-order valence-corrected chi connectivity index (χ1v) is 5.87. The summed E-state index contributed by atoms with van der Waals surface area (Å²) in [5.74, 6) is -1.32. The van der Waals surface area contributed by atoms with Crippen LogP contribution in [-0.2, 0) is 0 Å². The molecule has 3 N–H and O–H groups in total. The molecule has 0 atom stereocenters. The lowest BCUT2D eigenvalue weighted by Gasteiger charge is -2.18. The number of anilines is 1. The molecule has 102 valence electrons. The maximum atomic E-state index is 11.2. The summed E-state index contributed by atoms with van der Waals surface area (Å²) in [6, 6.07) is 2.04. The summed E-state index contributed by atoms with van der Waals surface area (Å²) in [6.07, 6.45) is 1.38. The van der Waals surface area contributed by atoms with Gasteiger partial charge in [0.1, 0.15) is 0 Å². The van der Waals surface area contributed by atoms with E-state index in [1.807, 2.05) is 0 Å². The summed E-state index contributed by atoms with van der Waals surface area (Å²) in [7, 11) is 0. The Morgan fingerprint density at radius 3 is 2.58 bits per heavy atom. The number of nitro benzene ring substituents is 1. The number of non-ortho nitro benzene ring substituents is 1. The Morgan fingerprint density at radius 1 is 1.53 bits per heavy atom. The van der Waals surface area contributed by atoms with Crippen molar-refractivity contribution in [1.82, 2.24) is 0 Å². The Morgan fingerprint density at radius 2 is 2.16 bits per heavy atom. The van der Waals surface area contributed by atoms with Crippen molar-refractivity contribution in [2.75, 3.05) is 11.9 Å². The van der Waals surface area contributed by atoms with Gasteiger partial charge in [-0.3, -0.25) is 10.1 Å². The molecule has 1 fully saturated rings. The van der Waals surface area contributed by atoms with Crippen molar-refractivity contribution in [3.63, 3.8) is 0 Å². The van der Waals surface area contributed by atoms with Gasteiger partial charge >= 0.3 is 5.97 Å². The van der Waals surface area contributed by atoms with E-state index in [1.54, 1.807) is 0 Å². The highest BCUT2D eigenvalue weighted by Gasteiger charge is 2.43. The molecule has 1 aromatic rings. The molecule has 0 bridgehead atoms. The molecule has 8 heteroatoms. The number of carboxylic acid groups (broad SMARTS) is 1. The number of aliphatic hydroxyl groups is 1. The van der Waals surface area contributed by atoms with E-state index in [4.69, 9.17) is 16.7 Å². The number of nitrogens with one attached hydrogen (secondary N) is 1. The first-order valence-electron chi connectivity index (χ1n) is 5.49. The van der Waals surface area contributed by atoms with Crippen LogP contribution >= 0.6 is 11.6 Å². The normalized spacial score (nSPS) is 15.9. The van der Waals surface area contributed by atoms with Gasteiger partial charge in [0.25, 0.3) is 5.69 Å². The first-order chi connectivity index (χ1) is 8.88.